The highest BCUT2D eigenvalue weighted by molar-refractivity contribution is 5.82. The van der Waals surface area contributed by atoms with Gasteiger partial charge in [0.2, 0.25) is 5.91 Å². The molecule has 2 rings (SSSR count). The van der Waals surface area contributed by atoms with Crippen molar-refractivity contribution in [1.29, 1.82) is 0 Å². The van der Waals surface area contributed by atoms with Crippen molar-refractivity contribution in [3.8, 4) is 0 Å². The lowest BCUT2D eigenvalue weighted by molar-refractivity contribution is -0.132. The third-order valence-corrected chi connectivity index (χ3v) is 4.53. The molecule has 0 bridgehead atoms. The second kappa shape index (κ2) is 7.05. The van der Waals surface area contributed by atoms with Crippen LogP contribution in [0, 0.1) is 11.3 Å². The summed E-state index contributed by atoms with van der Waals surface area (Å²) in [6, 6.07) is 7.68. The Morgan fingerprint density at radius 2 is 2.19 bits per heavy atom. The van der Waals surface area contributed by atoms with Gasteiger partial charge in [-0.1, -0.05) is 38.1 Å². The monoisotopic (exact) mass is 290 g/mol. The van der Waals surface area contributed by atoms with Gasteiger partial charge in [0.05, 0.1) is 6.61 Å². The number of carbonyl (C=O) groups excluding carboxylic acids is 1. The molecule has 4 nitrogen and oxygen atoms in total. The van der Waals surface area contributed by atoms with Crippen LogP contribution in [0.1, 0.15) is 37.8 Å². The quantitative estimate of drug-likeness (QED) is 0.775. The van der Waals surface area contributed by atoms with E-state index in [0.717, 1.165) is 37.1 Å². The molecule has 1 heterocycles. The number of aliphatic hydroxyl groups is 1. The first kappa shape index (κ1) is 16.0. The summed E-state index contributed by atoms with van der Waals surface area (Å²) in [4.78, 5) is 12.5. The molecule has 1 fully saturated rings. The lowest BCUT2D eigenvalue weighted by Crippen LogP contribution is -2.47. The highest BCUT2D eigenvalue weighted by Gasteiger charge is 2.36. The molecule has 0 saturated carbocycles. The van der Waals surface area contributed by atoms with Crippen LogP contribution in [0.3, 0.4) is 0 Å². The molecule has 1 aromatic rings. The Kier molecular flexibility index (Phi) is 5.37. The summed E-state index contributed by atoms with van der Waals surface area (Å²) >= 11 is 0. The molecule has 0 spiro atoms. The summed E-state index contributed by atoms with van der Waals surface area (Å²) in [6.45, 7) is 6.58. The molecular weight excluding hydrogens is 264 g/mol. The zero-order chi connectivity index (χ0) is 15.3. The Morgan fingerprint density at radius 1 is 1.43 bits per heavy atom. The fourth-order valence-corrected chi connectivity index (χ4v) is 2.90. The van der Waals surface area contributed by atoms with Gasteiger partial charge in [-0.25, -0.2) is 0 Å². The van der Waals surface area contributed by atoms with Gasteiger partial charge in [0, 0.05) is 12.0 Å². The topological polar surface area (TPSA) is 61.4 Å². The average molecular weight is 290 g/mol. The maximum Gasteiger partial charge on any atom is 0.226 e. The number of carbonyl (C=O) groups is 1. The van der Waals surface area contributed by atoms with E-state index in [9.17, 15) is 4.79 Å². The zero-order valence-corrected chi connectivity index (χ0v) is 13.0. The van der Waals surface area contributed by atoms with Crippen molar-refractivity contribution in [3.63, 3.8) is 0 Å². The van der Waals surface area contributed by atoms with Crippen LogP contribution >= 0.6 is 0 Å². The predicted octanol–water partition coefficient (Wildman–Crippen LogP) is 1.82. The van der Waals surface area contributed by atoms with Gasteiger partial charge in [0.1, 0.15) is 0 Å². The van der Waals surface area contributed by atoms with Crippen molar-refractivity contribution in [1.82, 2.24) is 10.6 Å². The van der Waals surface area contributed by atoms with Gasteiger partial charge in [0.15, 0.2) is 0 Å². The minimum absolute atomic E-state index is 0.0288. The Labute approximate surface area is 126 Å². The normalized spacial score (nSPS) is 19.3. The van der Waals surface area contributed by atoms with Crippen LogP contribution in [-0.4, -0.2) is 24.1 Å². The molecule has 1 unspecified atom stereocenters. The molecule has 0 radical (unpaired) electrons. The van der Waals surface area contributed by atoms with E-state index in [1.807, 2.05) is 38.1 Å². The predicted molar refractivity (Wildman–Crippen MR) is 83.6 cm³/mol. The van der Waals surface area contributed by atoms with E-state index in [-0.39, 0.29) is 17.9 Å². The summed E-state index contributed by atoms with van der Waals surface area (Å²) in [5.41, 5.74) is 1.53. The van der Waals surface area contributed by atoms with Crippen LogP contribution in [-0.2, 0) is 17.9 Å². The van der Waals surface area contributed by atoms with Gasteiger partial charge in [-0.3, -0.25) is 4.79 Å². The van der Waals surface area contributed by atoms with Crippen molar-refractivity contribution in [3.05, 3.63) is 35.4 Å². The number of hydrogen-bond acceptors (Lipinski definition) is 3. The van der Waals surface area contributed by atoms with Gasteiger partial charge in [-0.2, -0.15) is 0 Å². The lowest BCUT2D eigenvalue weighted by atomic mass is 9.74. The molecule has 1 aliphatic heterocycles. The Balaban J connectivity index is 1.93. The molecule has 21 heavy (non-hydrogen) atoms. The number of aliphatic hydroxyl groups excluding tert-OH is 1. The van der Waals surface area contributed by atoms with Gasteiger partial charge in [0.25, 0.3) is 0 Å². The molecular formula is C17H26N2O2. The van der Waals surface area contributed by atoms with Gasteiger partial charge < -0.3 is 15.7 Å². The first-order chi connectivity index (χ1) is 10.0. The summed E-state index contributed by atoms with van der Waals surface area (Å²) in [5.74, 6) is 0.487. The largest absolute Gasteiger partial charge is 0.392 e. The Morgan fingerprint density at radius 3 is 2.86 bits per heavy atom. The van der Waals surface area contributed by atoms with Gasteiger partial charge in [-0.15, -0.1) is 0 Å². The van der Waals surface area contributed by atoms with E-state index in [2.05, 4.69) is 10.6 Å². The molecule has 1 amide bonds. The van der Waals surface area contributed by atoms with Crippen LogP contribution < -0.4 is 10.6 Å². The van der Waals surface area contributed by atoms with E-state index in [4.69, 9.17) is 5.11 Å². The second-order valence-electron chi connectivity index (χ2n) is 6.43. The Bertz CT molecular complexity index is 479. The smallest absolute Gasteiger partial charge is 0.226 e. The SMILES string of the molecule is CC(C)(C(=O)NCc1cccc(CO)c1)C1CCCNC1. The van der Waals surface area contributed by atoms with Crippen molar-refractivity contribution in [2.75, 3.05) is 13.1 Å². The molecule has 1 aromatic carbocycles. The van der Waals surface area contributed by atoms with Crippen LogP contribution in [0.15, 0.2) is 24.3 Å². The third kappa shape index (κ3) is 4.05. The van der Waals surface area contributed by atoms with E-state index < -0.39 is 0 Å². The Hall–Kier alpha value is -1.39. The summed E-state index contributed by atoms with van der Waals surface area (Å²) < 4.78 is 0. The van der Waals surface area contributed by atoms with Crippen LogP contribution in [0.5, 0.6) is 0 Å². The summed E-state index contributed by atoms with van der Waals surface area (Å²) in [6.07, 6.45) is 2.24. The maximum absolute atomic E-state index is 12.5. The fraction of sp³-hybridized carbons (Fsp3) is 0.588. The molecule has 0 aliphatic carbocycles. The van der Waals surface area contributed by atoms with Crippen LogP contribution in [0.25, 0.3) is 0 Å². The van der Waals surface area contributed by atoms with E-state index in [0.29, 0.717) is 12.5 Å². The molecule has 4 heteroatoms. The molecule has 116 valence electrons. The summed E-state index contributed by atoms with van der Waals surface area (Å²) in [7, 11) is 0. The number of piperidine rings is 1. The third-order valence-electron chi connectivity index (χ3n) is 4.53. The number of nitrogens with one attached hydrogen (secondary N) is 2. The molecule has 1 atom stereocenters. The van der Waals surface area contributed by atoms with E-state index in [1.54, 1.807) is 0 Å². The van der Waals surface area contributed by atoms with Crippen molar-refractivity contribution < 1.29 is 9.90 Å². The average Bonchev–Trinajstić information content (AvgIpc) is 2.53. The van der Waals surface area contributed by atoms with Crippen molar-refractivity contribution in [2.45, 2.75) is 39.8 Å². The first-order valence-corrected chi connectivity index (χ1v) is 7.71. The van der Waals surface area contributed by atoms with Crippen molar-refractivity contribution in [2.24, 2.45) is 11.3 Å². The standard InChI is InChI=1S/C17H26N2O2/c1-17(2,15-7-4-8-18-11-15)16(21)19-10-13-5-3-6-14(9-13)12-20/h3,5-6,9,15,18,20H,4,7-8,10-12H2,1-2H3,(H,19,21). The molecule has 1 aliphatic rings. The molecule has 3 N–H and O–H groups in total. The molecule has 1 saturated heterocycles. The van der Waals surface area contributed by atoms with Crippen LogP contribution in [0.4, 0.5) is 0 Å². The number of hydrogen-bond donors (Lipinski definition) is 3. The minimum Gasteiger partial charge on any atom is -0.392 e. The van der Waals surface area contributed by atoms with Crippen LogP contribution in [0.2, 0.25) is 0 Å². The van der Waals surface area contributed by atoms with E-state index in [1.165, 1.54) is 0 Å². The van der Waals surface area contributed by atoms with Gasteiger partial charge >= 0.3 is 0 Å². The highest BCUT2D eigenvalue weighted by Crippen LogP contribution is 2.32. The lowest BCUT2D eigenvalue weighted by Gasteiger charge is -2.36. The minimum atomic E-state index is -0.359. The number of rotatable bonds is 5. The van der Waals surface area contributed by atoms with Crippen molar-refractivity contribution >= 4 is 5.91 Å². The maximum atomic E-state index is 12.5. The number of amides is 1. The zero-order valence-electron chi connectivity index (χ0n) is 13.0. The van der Waals surface area contributed by atoms with Gasteiger partial charge in [-0.05, 0) is 43.0 Å². The van der Waals surface area contributed by atoms with E-state index >= 15 is 0 Å². The number of benzene rings is 1. The summed E-state index contributed by atoms with van der Waals surface area (Å²) in [5, 5.41) is 15.6. The first-order valence-electron chi connectivity index (χ1n) is 7.71. The highest BCUT2D eigenvalue weighted by atomic mass is 16.3. The second-order valence-corrected chi connectivity index (χ2v) is 6.43. The molecule has 0 aromatic heterocycles. The fourth-order valence-electron chi connectivity index (χ4n) is 2.90.